The number of nitrogens with zero attached hydrogens (tertiary/aromatic N) is 6. The molecule has 0 bridgehead atoms. The second-order valence-corrected chi connectivity index (χ2v) is 12.5. The van der Waals surface area contributed by atoms with Gasteiger partial charge >= 0.3 is 11.1 Å². The van der Waals surface area contributed by atoms with Crippen LogP contribution in [0.5, 0.6) is 0 Å². The van der Waals surface area contributed by atoms with E-state index in [1.165, 1.54) is 20.1 Å². The summed E-state index contributed by atoms with van der Waals surface area (Å²) in [6.45, 7) is 14.2. The van der Waals surface area contributed by atoms with Gasteiger partial charge in [-0.1, -0.05) is 26.5 Å². The number of nitrogens with one attached hydrogen (secondary N) is 1. The van der Waals surface area contributed by atoms with Crippen LogP contribution in [0.4, 0.5) is 8.78 Å². The summed E-state index contributed by atoms with van der Waals surface area (Å²) in [5.74, 6) is -2.69. The molecule has 0 saturated carbocycles. The molecule has 1 fully saturated rings. The van der Waals surface area contributed by atoms with Crippen LogP contribution in [0.15, 0.2) is 58.7 Å². The van der Waals surface area contributed by atoms with Crippen molar-refractivity contribution in [3.8, 4) is 16.9 Å². The normalized spacial score (nSPS) is 18.5. The van der Waals surface area contributed by atoms with E-state index in [-0.39, 0.29) is 35.6 Å². The fourth-order valence-corrected chi connectivity index (χ4v) is 6.98. The van der Waals surface area contributed by atoms with Crippen molar-refractivity contribution in [3.05, 3.63) is 92.4 Å². The molecule has 0 aliphatic carbocycles. The van der Waals surface area contributed by atoms with Crippen molar-refractivity contribution in [2.45, 2.75) is 78.4 Å². The van der Waals surface area contributed by atoms with E-state index in [1.807, 2.05) is 39.8 Å². The molecule has 1 saturated heterocycles. The SMILES string of the molecule is C=C(F)C(=O)N1[C@@H](C)CC(n2c(=O)c(=O)n(-c3c(C)ccnc3C(C)C)c3nc(-c4c(C)ccc5[nH]ncc45)c(F)cc32)C[C@@H]1C. The second-order valence-electron chi connectivity index (χ2n) is 12.5. The first kappa shape index (κ1) is 31.0. The summed E-state index contributed by atoms with van der Waals surface area (Å²) in [5.41, 5.74) is 2.16. The molecule has 0 spiro atoms. The van der Waals surface area contributed by atoms with Crippen LogP contribution < -0.4 is 11.1 Å². The first-order chi connectivity index (χ1) is 21.8. The molecule has 1 N–H and O–H groups in total. The fraction of sp³-hybridized carbons (Fsp3) is 0.353. The van der Waals surface area contributed by atoms with Gasteiger partial charge < -0.3 is 4.90 Å². The number of carbonyl (C=O) groups is 1. The van der Waals surface area contributed by atoms with Gasteiger partial charge in [-0.05, 0) is 69.7 Å². The molecule has 1 aromatic carbocycles. The maximum atomic E-state index is 16.4. The van der Waals surface area contributed by atoms with Crippen LogP contribution in [-0.4, -0.2) is 52.2 Å². The van der Waals surface area contributed by atoms with Crippen molar-refractivity contribution >= 4 is 28.0 Å². The van der Waals surface area contributed by atoms with E-state index in [2.05, 4.69) is 21.8 Å². The zero-order chi connectivity index (χ0) is 33.2. The maximum Gasteiger partial charge on any atom is 0.322 e. The molecule has 1 aliphatic heterocycles. The van der Waals surface area contributed by atoms with Crippen molar-refractivity contribution < 1.29 is 13.6 Å². The van der Waals surface area contributed by atoms with Gasteiger partial charge in [-0.3, -0.25) is 33.6 Å². The molecule has 1 aliphatic rings. The van der Waals surface area contributed by atoms with Gasteiger partial charge in [0.25, 0.3) is 5.91 Å². The highest BCUT2D eigenvalue weighted by Gasteiger charge is 2.37. The first-order valence-electron chi connectivity index (χ1n) is 15.3. The van der Waals surface area contributed by atoms with Crippen molar-refractivity contribution in [3.63, 3.8) is 0 Å². The third-order valence-corrected chi connectivity index (χ3v) is 9.01. The van der Waals surface area contributed by atoms with E-state index in [4.69, 9.17) is 4.98 Å². The molecule has 12 heteroatoms. The first-order valence-corrected chi connectivity index (χ1v) is 15.3. The molecule has 0 radical (unpaired) electrons. The molecule has 10 nitrogen and oxygen atoms in total. The Morgan fingerprint density at radius 3 is 2.41 bits per heavy atom. The summed E-state index contributed by atoms with van der Waals surface area (Å²) in [7, 11) is 0. The van der Waals surface area contributed by atoms with E-state index < -0.39 is 46.8 Å². The van der Waals surface area contributed by atoms with Crippen LogP contribution in [-0.2, 0) is 4.79 Å². The minimum absolute atomic E-state index is 0.00611. The number of fused-ring (bicyclic) bond motifs is 2. The number of pyridine rings is 2. The molecule has 5 heterocycles. The highest BCUT2D eigenvalue weighted by atomic mass is 19.1. The van der Waals surface area contributed by atoms with Gasteiger partial charge in [0.05, 0.1) is 28.6 Å². The number of aromatic nitrogens is 6. The second kappa shape index (κ2) is 11.4. The largest absolute Gasteiger partial charge is 0.331 e. The Kier molecular flexibility index (Phi) is 7.69. The van der Waals surface area contributed by atoms with Crippen LogP contribution in [0.2, 0.25) is 0 Å². The average molecular weight is 628 g/mol. The lowest BCUT2D eigenvalue weighted by atomic mass is 9.92. The average Bonchev–Trinajstić information content (AvgIpc) is 3.47. The molecule has 4 aromatic heterocycles. The van der Waals surface area contributed by atoms with Crippen molar-refractivity contribution in [2.24, 2.45) is 0 Å². The highest BCUT2D eigenvalue weighted by molar-refractivity contribution is 5.96. The number of hydrogen-bond acceptors (Lipinski definition) is 6. The zero-order valence-electron chi connectivity index (χ0n) is 26.6. The summed E-state index contributed by atoms with van der Waals surface area (Å²) < 4.78 is 32.9. The third kappa shape index (κ3) is 4.83. The van der Waals surface area contributed by atoms with E-state index in [1.54, 1.807) is 32.3 Å². The Balaban J connectivity index is 1.69. The minimum atomic E-state index is -1.07. The Morgan fingerprint density at radius 1 is 1.07 bits per heavy atom. The van der Waals surface area contributed by atoms with Crippen molar-refractivity contribution in [1.29, 1.82) is 0 Å². The number of halogens is 2. The number of aromatic amines is 1. The van der Waals surface area contributed by atoms with Crippen molar-refractivity contribution in [2.75, 3.05) is 0 Å². The molecule has 0 unspecified atom stereocenters. The smallest absolute Gasteiger partial charge is 0.322 e. The summed E-state index contributed by atoms with van der Waals surface area (Å²) in [4.78, 5) is 51.8. The van der Waals surface area contributed by atoms with E-state index in [0.29, 0.717) is 33.4 Å². The molecule has 238 valence electrons. The molecular weight excluding hydrogens is 592 g/mol. The van der Waals surface area contributed by atoms with Gasteiger partial charge in [0.2, 0.25) is 0 Å². The summed E-state index contributed by atoms with van der Waals surface area (Å²) in [5, 5.41) is 7.69. The quantitative estimate of drug-likeness (QED) is 0.195. The van der Waals surface area contributed by atoms with Gasteiger partial charge in [0.15, 0.2) is 17.3 Å². The Bertz CT molecular complexity index is 2170. The van der Waals surface area contributed by atoms with Crippen LogP contribution >= 0.6 is 0 Å². The number of hydrogen-bond donors (Lipinski definition) is 1. The number of H-pyrrole nitrogens is 1. The molecule has 5 aromatic rings. The zero-order valence-corrected chi connectivity index (χ0v) is 26.6. The Hall–Kier alpha value is -5.00. The molecule has 46 heavy (non-hydrogen) atoms. The lowest BCUT2D eigenvalue weighted by molar-refractivity contribution is -0.135. The van der Waals surface area contributed by atoms with Gasteiger partial charge in [0, 0.05) is 41.3 Å². The molecular formula is C34H35F2N7O3. The molecule has 6 rings (SSSR count). The van der Waals surface area contributed by atoms with E-state index in [9.17, 15) is 18.8 Å². The summed E-state index contributed by atoms with van der Waals surface area (Å²) in [6.07, 6.45) is 3.70. The predicted octanol–water partition coefficient (Wildman–Crippen LogP) is 5.79. The number of likely N-dealkylation sites (tertiary alicyclic amines) is 1. The van der Waals surface area contributed by atoms with Gasteiger partial charge in [-0.15, -0.1) is 0 Å². The van der Waals surface area contributed by atoms with Crippen LogP contribution in [0.3, 0.4) is 0 Å². The number of aryl methyl sites for hydroxylation is 2. The summed E-state index contributed by atoms with van der Waals surface area (Å²) >= 11 is 0. The van der Waals surface area contributed by atoms with Gasteiger partial charge in [-0.25, -0.2) is 13.8 Å². The van der Waals surface area contributed by atoms with Gasteiger partial charge in [0.1, 0.15) is 5.69 Å². The topological polar surface area (TPSA) is 119 Å². The lowest BCUT2D eigenvalue weighted by Gasteiger charge is -2.43. The van der Waals surface area contributed by atoms with E-state index in [0.717, 1.165) is 5.56 Å². The lowest BCUT2D eigenvalue weighted by Crippen LogP contribution is -2.52. The monoisotopic (exact) mass is 627 g/mol. The number of piperidine rings is 1. The molecule has 1 amide bonds. The van der Waals surface area contributed by atoms with Crippen LogP contribution in [0, 0.1) is 19.7 Å². The van der Waals surface area contributed by atoms with Crippen LogP contribution in [0.1, 0.15) is 69.3 Å². The molecule has 2 atom stereocenters. The third-order valence-electron chi connectivity index (χ3n) is 9.01. The number of rotatable bonds is 5. The fourth-order valence-electron chi connectivity index (χ4n) is 6.98. The number of carbonyl (C=O) groups excluding carboxylic acids is 1. The number of amides is 1. The Morgan fingerprint density at radius 2 is 1.76 bits per heavy atom. The maximum absolute atomic E-state index is 16.4. The van der Waals surface area contributed by atoms with Crippen molar-refractivity contribution in [1.82, 2.24) is 34.2 Å². The highest BCUT2D eigenvalue weighted by Crippen LogP contribution is 2.37. The van der Waals surface area contributed by atoms with E-state index >= 15 is 4.39 Å². The van der Waals surface area contributed by atoms with Gasteiger partial charge in [-0.2, -0.15) is 5.10 Å². The minimum Gasteiger partial charge on any atom is -0.331 e. The number of benzene rings is 1. The van der Waals surface area contributed by atoms with Crippen LogP contribution in [0.25, 0.3) is 39.0 Å². The standard InChI is InChI=1S/C34H35F2N7O3/c1-16(2)28-30(18(4)10-11-37-28)43-31-26(14-24(36)29(39-31)27-17(3)8-9-25-23(27)15-38-40-25)42(33(45)34(43)46)22-12-19(5)41(20(6)13-22)32(44)21(7)35/h8-11,14-16,19-20,22H,7,12-13H2,1-6H3,(H,38,40)/t19-,20-/m0/s1. The summed E-state index contributed by atoms with van der Waals surface area (Å²) in [6, 6.07) is 5.09. The predicted molar refractivity (Wildman–Crippen MR) is 172 cm³/mol. The Labute approximate surface area is 263 Å².